The van der Waals surface area contributed by atoms with E-state index in [1.807, 2.05) is 24.3 Å². The smallest absolute Gasteiger partial charge is 0.313 e. The lowest BCUT2D eigenvalue weighted by molar-refractivity contribution is -0.163. The van der Waals surface area contributed by atoms with Crippen molar-refractivity contribution in [3.05, 3.63) is 36.0 Å². The van der Waals surface area contributed by atoms with Crippen LogP contribution in [-0.2, 0) is 19.1 Å². The summed E-state index contributed by atoms with van der Waals surface area (Å²) in [6, 6.07) is 0. The van der Waals surface area contributed by atoms with Crippen molar-refractivity contribution in [2.45, 2.75) is 32.1 Å². The van der Waals surface area contributed by atoms with E-state index in [9.17, 15) is 9.59 Å². The van der Waals surface area contributed by atoms with Gasteiger partial charge in [-0.15, -0.1) is 0 Å². The Morgan fingerprint density at radius 1 is 1.31 bits per heavy atom. The van der Waals surface area contributed by atoms with Gasteiger partial charge in [0.25, 0.3) is 0 Å². The summed E-state index contributed by atoms with van der Waals surface area (Å²) in [5.41, 5.74) is 0.256. The number of carbonyl (C=O) groups is 2. The van der Waals surface area contributed by atoms with Gasteiger partial charge in [-0.2, -0.15) is 0 Å². The molecule has 3 rings (SSSR count). The number of esters is 1. The van der Waals surface area contributed by atoms with Gasteiger partial charge in [-0.25, -0.2) is 0 Å². The van der Waals surface area contributed by atoms with Crippen molar-refractivity contribution in [1.29, 1.82) is 0 Å². The molecule has 0 radical (unpaired) electrons. The number of hydrogen-bond donors (Lipinski definition) is 0. The van der Waals surface area contributed by atoms with E-state index in [1.165, 1.54) is 0 Å². The van der Waals surface area contributed by atoms with Crippen LogP contribution in [0.1, 0.15) is 32.1 Å². The summed E-state index contributed by atoms with van der Waals surface area (Å²) in [7, 11) is 1.64. The molecule has 26 heavy (non-hydrogen) atoms. The molecule has 5 nitrogen and oxygen atoms in total. The van der Waals surface area contributed by atoms with Crippen LogP contribution in [0.25, 0.3) is 0 Å². The number of rotatable bonds is 8. The number of carbonyl (C=O) groups excluding carboxylic acids is 2. The summed E-state index contributed by atoms with van der Waals surface area (Å²) >= 11 is 0. The van der Waals surface area contributed by atoms with Gasteiger partial charge in [0.05, 0.1) is 29.6 Å². The first-order valence-corrected chi connectivity index (χ1v) is 9.41. The topological polar surface area (TPSA) is 55.8 Å². The van der Waals surface area contributed by atoms with Gasteiger partial charge < -0.3 is 19.2 Å². The highest BCUT2D eigenvalue weighted by Crippen LogP contribution is 2.44. The highest BCUT2D eigenvalue weighted by molar-refractivity contribution is 5.78. The third-order valence-electron chi connectivity index (χ3n) is 5.96. The number of aldehydes is 1. The molecular formula is C21H28NO4+. The van der Waals surface area contributed by atoms with Crippen molar-refractivity contribution in [3.8, 4) is 0 Å². The Hall–Kier alpha value is -1.81. The summed E-state index contributed by atoms with van der Waals surface area (Å²) in [6.45, 7) is 3.18. The highest BCUT2D eigenvalue weighted by atomic mass is 16.5. The third kappa shape index (κ3) is 4.12. The van der Waals surface area contributed by atoms with Crippen LogP contribution in [0.2, 0.25) is 0 Å². The van der Waals surface area contributed by atoms with Crippen LogP contribution < -0.4 is 0 Å². The zero-order valence-corrected chi connectivity index (χ0v) is 15.5. The standard InChI is InChI=1S/C21H28NO4/c1-25-17-20(16-23)10-12-22(13-11-20)15-21(8-5-9-21)19(24)26-14-18-6-3-2-4-7-18/h3-4,6-7,16H,5,8-15,17H2,1H3/q+1. The Kier molecular flexibility index (Phi) is 6.02. The summed E-state index contributed by atoms with van der Waals surface area (Å²) in [5, 5.41) is 0. The second kappa shape index (κ2) is 8.26. The molecule has 0 amide bonds. The molecule has 0 bridgehead atoms. The average molecular weight is 358 g/mol. The molecule has 0 atom stereocenters. The van der Waals surface area contributed by atoms with Gasteiger partial charge >= 0.3 is 5.97 Å². The summed E-state index contributed by atoms with van der Waals surface area (Å²) < 4.78 is 10.9. The maximum absolute atomic E-state index is 12.7. The monoisotopic (exact) mass is 358 g/mol. The molecule has 1 aliphatic heterocycles. The Bertz CT molecular complexity index is 608. The molecule has 1 saturated heterocycles. The Labute approximate surface area is 155 Å². The van der Waals surface area contributed by atoms with Gasteiger partial charge in [0.2, 0.25) is 0 Å². The van der Waals surface area contributed by atoms with Gasteiger partial charge in [0.15, 0.2) is 0 Å². The summed E-state index contributed by atoms with van der Waals surface area (Å²) in [4.78, 5) is 26.5. The van der Waals surface area contributed by atoms with Crippen LogP contribution in [-0.4, -0.2) is 57.1 Å². The second-order valence-corrected chi connectivity index (χ2v) is 7.81. The number of nitrogens with zero attached hydrogens (tertiary/aromatic N) is 1. The largest absolute Gasteiger partial charge is 0.458 e. The lowest BCUT2D eigenvalue weighted by Gasteiger charge is -2.45. The van der Waals surface area contributed by atoms with E-state index in [2.05, 4.69) is 11.0 Å². The quantitative estimate of drug-likeness (QED) is 0.379. The maximum Gasteiger partial charge on any atom is 0.313 e. The van der Waals surface area contributed by atoms with Crippen LogP contribution in [0.3, 0.4) is 0 Å². The lowest BCUT2D eigenvalue weighted by atomic mass is 9.68. The first-order valence-electron chi connectivity index (χ1n) is 9.41. The molecule has 0 aromatic carbocycles. The van der Waals surface area contributed by atoms with Crippen molar-refractivity contribution in [2.24, 2.45) is 10.8 Å². The molecule has 0 unspecified atom stereocenters. The first-order chi connectivity index (χ1) is 12.6. The fourth-order valence-corrected chi connectivity index (χ4v) is 4.02. The van der Waals surface area contributed by atoms with Crippen LogP contribution >= 0.6 is 0 Å². The van der Waals surface area contributed by atoms with E-state index in [0.717, 1.165) is 63.6 Å². The molecule has 2 fully saturated rings. The Morgan fingerprint density at radius 2 is 2.08 bits per heavy atom. The molecule has 0 spiro atoms. The highest BCUT2D eigenvalue weighted by Gasteiger charge is 2.48. The number of likely N-dealkylation sites (tertiary alicyclic amines) is 1. The minimum atomic E-state index is -0.372. The molecule has 0 aromatic heterocycles. The maximum atomic E-state index is 12.7. The lowest BCUT2D eigenvalue weighted by Crippen LogP contribution is -2.52. The molecule has 3 aliphatic rings. The van der Waals surface area contributed by atoms with E-state index < -0.39 is 0 Å². The Morgan fingerprint density at radius 3 is 2.62 bits per heavy atom. The van der Waals surface area contributed by atoms with E-state index in [4.69, 9.17) is 9.47 Å². The molecule has 1 saturated carbocycles. The molecule has 140 valence electrons. The van der Waals surface area contributed by atoms with Gasteiger partial charge in [0, 0.05) is 19.7 Å². The zero-order chi connectivity index (χ0) is 18.5. The zero-order valence-electron chi connectivity index (χ0n) is 15.5. The minimum Gasteiger partial charge on any atom is -0.458 e. The predicted molar refractivity (Wildman–Crippen MR) is 98.3 cm³/mol. The number of ether oxygens (including phenoxy) is 2. The van der Waals surface area contributed by atoms with Gasteiger partial charge in [0.1, 0.15) is 30.6 Å². The van der Waals surface area contributed by atoms with E-state index in [0.29, 0.717) is 13.2 Å². The SMILES string of the molecule is COCC1(C=O)CCN(CC2(C(=O)OCC3=CC=[C+]C=C3)CCC2)CC1. The van der Waals surface area contributed by atoms with Crippen LogP contribution in [0.4, 0.5) is 0 Å². The van der Waals surface area contributed by atoms with Crippen LogP contribution in [0.5, 0.6) is 0 Å². The van der Waals surface area contributed by atoms with Gasteiger partial charge in [-0.1, -0.05) is 6.42 Å². The van der Waals surface area contributed by atoms with Crippen LogP contribution in [0.15, 0.2) is 29.9 Å². The fraction of sp³-hybridized carbons (Fsp3) is 0.619. The van der Waals surface area contributed by atoms with Crippen molar-refractivity contribution in [1.82, 2.24) is 4.90 Å². The molecular weight excluding hydrogens is 330 g/mol. The predicted octanol–water partition coefficient (Wildman–Crippen LogP) is 2.48. The van der Waals surface area contributed by atoms with E-state index in [1.54, 1.807) is 7.11 Å². The molecule has 0 aromatic rings. The normalized spacial score (nSPS) is 23.5. The van der Waals surface area contributed by atoms with Crippen molar-refractivity contribution in [3.63, 3.8) is 0 Å². The van der Waals surface area contributed by atoms with Crippen LogP contribution in [0, 0.1) is 16.9 Å². The number of hydrogen-bond acceptors (Lipinski definition) is 5. The van der Waals surface area contributed by atoms with Gasteiger partial charge in [-0.3, -0.25) is 4.79 Å². The van der Waals surface area contributed by atoms with Crippen molar-refractivity contribution in [2.75, 3.05) is 40.0 Å². The second-order valence-electron chi connectivity index (χ2n) is 7.81. The van der Waals surface area contributed by atoms with Crippen molar-refractivity contribution >= 4 is 12.3 Å². The fourth-order valence-electron chi connectivity index (χ4n) is 4.02. The first kappa shape index (κ1) is 19.0. The molecule has 1 heterocycles. The molecule has 2 aliphatic carbocycles. The average Bonchev–Trinajstić information content (AvgIpc) is 2.65. The summed E-state index contributed by atoms with van der Waals surface area (Å²) in [6.07, 6.45) is 15.9. The van der Waals surface area contributed by atoms with E-state index >= 15 is 0 Å². The number of methoxy groups -OCH3 is 1. The molecule has 0 N–H and O–H groups in total. The minimum absolute atomic E-state index is 0.0827. The third-order valence-corrected chi connectivity index (χ3v) is 5.96. The Balaban J connectivity index is 1.53. The number of piperidine rings is 1. The van der Waals surface area contributed by atoms with E-state index in [-0.39, 0.29) is 16.8 Å². The summed E-state index contributed by atoms with van der Waals surface area (Å²) in [5.74, 6) is -0.0827. The van der Waals surface area contributed by atoms with Gasteiger partial charge in [-0.05, 0) is 38.8 Å². The number of allylic oxidation sites excluding steroid dienone is 4. The molecule has 5 heteroatoms. The van der Waals surface area contributed by atoms with Crippen molar-refractivity contribution < 1.29 is 19.1 Å².